The van der Waals surface area contributed by atoms with Gasteiger partial charge in [-0.25, -0.2) is 8.42 Å². The predicted octanol–water partition coefficient (Wildman–Crippen LogP) is 0.723. The van der Waals surface area contributed by atoms with Crippen LogP contribution in [0.25, 0.3) is 0 Å². The SMILES string of the molecule is Cc1ccc(N)cc1S(=O)(=O)N1CC(O)(C2CC2)C1. The molecule has 0 radical (unpaired) electrons. The molecule has 0 aromatic heterocycles. The third kappa shape index (κ3) is 2.04. The molecule has 0 atom stereocenters. The Hall–Kier alpha value is -1.11. The van der Waals surface area contributed by atoms with Gasteiger partial charge in [0.2, 0.25) is 10.0 Å². The van der Waals surface area contributed by atoms with E-state index in [2.05, 4.69) is 0 Å². The van der Waals surface area contributed by atoms with E-state index >= 15 is 0 Å². The molecule has 6 heteroatoms. The maximum absolute atomic E-state index is 12.5. The van der Waals surface area contributed by atoms with E-state index in [9.17, 15) is 13.5 Å². The van der Waals surface area contributed by atoms with Crippen molar-refractivity contribution >= 4 is 15.7 Å². The third-order valence-corrected chi connectivity index (χ3v) is 6.00. The van der Waals surface area contributed by atoms with Gasteiger partial charge in [-0.15, -0.1) is 0 Å². The number of rotatable bonds is 3. The van der Waals surface area contributed by atoms with Crippen molar-refractivity contribution in [3.63, 3.8) is 0 Å². The third-order valence-electron chi connectivity index (χ3n) is 4.07. The smallest absolute Gasteiger partial charge is 0.243 e. The lowest BCUT2D eigenvalue weighted by molar-refractivity contribution is -0.0764. The molecule has 1 saturated carbocycles. The molecule has 5 nitrogen and oxygen atoms in total. The lowest BCUT2D eigenvalue weighted by Crippen LogP contribution is -2.64. The molecule has 104 valence electrons. The summed E-state index contributed by atoms with van der Waals surface area (Å²) >= 11 is 0. The molecule has 2 aliphatic rings. The summed E-state index contributed by atoms with van der Waals surface area (Å²) in [6, 6.07) is 4.87. The lowest BCUT2D eigenvalue weighted by atomic mass is 9.91. The van der Waals surface area contributed by atoms with Gasteiger partial charge < -0.3 is 10.8 Å². The first-order valence-electron chi connectivity index (χ1n) is 6.42. The molecule has 1 heterocycles. The van der Waals surface area contributed by atoms with Gasteiger partial charge >= 0.3 is 0 Å². The van der Waals surface area contributed by atoms with Gasteiger partial charge in [-0.05, 0) is 43.4 Å². The van der Waals surface area contributed by atoms with E-state index < -0.39 is 15.6 Å². The standard InChI is InChI=1S/C13H18N2O3S/c1-9-2-5-11(14)6-12(9)19(17,18)15-7-13(16,8-15)10-3-4-10/h2,5-6,10,16H,3-4,7-8,14H2,1H3. The summed E-state index contributed by atoms with van der Waals surface area (Å²) in [6.45, 7) is 2.15. The fourth-order valence-electron chi connectivity index (χ4n) is 2.65. The van der Waals surface area contributed by atoms with Gasteiger partial charge in [-0.1, -0.05) is 6.07 Å². The zero-order chi connectivity index (χ0) is 13.8. The largest absolute Gasteiger partial charge is 0.399 e. The number of nitrogens with zero attached hydrogens (tertiary/aromatic N) is 1. The second kappa shape index (κ2) is 3.94. The molecule has 2 fully saturated rings. The fraction of sp³-hybridized carbons (Fsp3) is 0.538. The van der Waals surface area contributed by atoms with E-state index in [1.54, 1.807) is 19.1 Å². The highest BCUT2D eigenvalue weighted by atomic mass is 32.2. The Balaban J connectivity index is 1.86. The Morgan fingerprint density at radius 2 is 2.00 bits per heavy atom. The molecule has 0 spiro atoms. The Morgan fingerprint density at radius 3 is 2.58 bits per heavy atom. The van der Waals surface area contributed by atoms with Crippen LogP contribution in [0.1, 0.15) is 18.4 Å². The second-order valence-electron chi connectivity index (χ2n) is 5.68. The monoisotopic (exact) mass is 282 g/mol. The van der Waals surface area contributed by atoms with Crippen molar-refractivity contribution in [2.24, 2.45) is 5.92 Å². The van der Waals surface area contributed by atoms with Crippen molar-refractivity contribution in [3.8, 4) is 0 Å². The number of β-amino-alcohol motifs (C(OH)–C–C–N with tert-alkyl or cyclic N) is 1. The van der Waals surface area contributed by atoms with Crippen molar-refractivity contribution in [2.75, 3.05) is 18.8 Å². The van der Waals surface area contributed by atoms with Crippen molar-refractivity contribution in [1.29, 1.82) is 0 Å². The molecule has 1 aliphatic carbocycles. The first-order chi connectivity index (χ1) is 8.83. The molecule has 1 saturated heterocycles. The maximum atomic E-state index is 12.5. The van der Waals surface area contributed by atoms with Crippen LogP contribution in [0.5, 0.6) is 0 Å². The highest BCUT2D eigenvalue weighted by Crippen LogP contribution is 2.46. The van der Waals surface area contributed by atoms with Crippen LogP contribution >= 0.6 is 0 Å². The van der Waals surface area contributed by atoms with E-state index in [4.69, 9.17) is 5.73 Å². The van der Waals surface area contributed by atoms with Crippen LogP contribution in [0.4, 0.5) is 5.69 Å². The van der Waals surface area contributed by atoms with E-state index in [-0.39, 0.29) is 23.9 Å². The summed E-state index contributed by atoms with van der Waals surface area (Å²) < 4.78 is 26.3. The van der Waals surface area contributed by atoms with Crippen molar-refractivity contribution < 1.29 is 13.5 Å². The zero-order valence-corrected chi connectivity index (χ0v) is 11.7. The van der Waals surface area contributed by atoms with E-state index in [1.807, 2.05) is 0 Å². The quantitative estimate of drug-likeness (QED) is 0.800. The molecule has 3 rings (SSSR count). The van der Waals surface area contributed by atoms with E-state index in [1.165, 1.54) is 10.4 Å². The van der Waals surface area contributed by atoms with Gasteiger partial charge in [0, 0.05) is 18.8 Å². The number of nitrogen functional groups attached to an aromatic ring is 1. The average Bonchev–Trinajstić information content (AvgIpc) is 3.12. The van der Waals surface area contributed by atoms with Crippen LogP contribution < -0.4 is 5.73 Å². The van der Waals surface area contributed by atoms with Crippen LogP contribution in [-0.2, 0) is 10.0 Å². The van der Waals surface area contributed by atoms with Gasteiger partial charge in [0.05, 0.1) is 10.5 Å². The number of hydrogen-bond donors (Lipinski definition) is 2. The fourth-order valence-corrected chi connectivity index (χ4v) is 4.47. The number of aliphatic hydroxyl groups is 1. The van der Waals surface area contributed by atoms with Gasteiger partial charge in [0.1, 0.15) is 0 Å². The molecular weight excluding hydrogens is 264 g/mol. The van der Waals surface area contributed by atoms with Crippen LogP contribution in [0.15, 0.2) is 23.1 Å². The Morgan fingerprint density at radius 1 is 1.37 bits per heavy atom. The molecule has 0 bridgehead atoms. The summed E-state index contributed by atoms with van der Waals surface area (Å²) in [7, 11) is -3.54. The molecule has 1 aromatic rings. The Kier molecular flexibility index (Phi) is 2.68. The molecule has 1 aliphatic heterocycles. The minimum atomic E-state index is -3.54. The highest BCUT2D eigenvalue weighted by molar-refractivity contribution is 7.89. The minimum absolute atomic E-state index is 0.203. The molecule has 1 aromatic carbocycles. The minimum Gasteiger partial charge on any atom is -0.399 e. The molecule has 0 amide bonds. The summed E-state index contributed by atoms with van der Waals surface area (Å²) in [4.78, 5) is 0.241. The summed E-state index contributed by atoms with van der Waals surface area (Å²) in [5.74, 6) is 0.279. The molecule has 3 N–H and O–H groups in total. The van der Waals surface area contributed by atoms with Crippen LogP contribution in [0, 0.1) is 12.8 Å². The molecular formula is C13H18N2O3S. The highest BCUT2D eigenvalue weighted by Gasteiger charge is 2.55. The maximum Gasteiger partial charge on any atom is 0.243 e. The van der Waals surface area contributed by atoms with Crippen molar-refractivity contribution in [3.05, 3.63) is 23.8 Å². The number of nitrogens with two attached hydrogens (primary N) is 1. The molecule has 19 heavy (non-hydrogen) atoms. The van der Waals surface area contributed by atoms with Crippen LogP contribution in [0.2, 0.25) is 0 Å². The number of hydrogen-bond acceptors (Lipinski definition) is 4. The van der Waals surface area contributed by atoms with Crippen molar-refractivity contribution in [1.82, 2.24) is 4.31 Å². The van der Waals surface area contributed by atoms with Gasteiger partial charge in [-0.2, -0.15) is 4.31 Å². The Labute approximate surface area is 113 Å². The number of benzene rings is 1. The van der Waals surface area contributed by atoms with Crippen LogP contribution in [0.3, 0.4) is 0 Å². The predicted molar refractivity (Wildman–Crippen MR) is 72.0 cm³/mol. The summed E-state index contributed by atoms with van der Waals surface area (Å²) in [5, 5.41) is 10.2. The number of sulfonamides is 1. The van der Waals surface area contributed by atoms with E-state index in [0.717, 1.165) is 12.8 Å². The number of aryl methyl sites for hydroxylation is 1. The average molecular weight is 282 g/mol. The first kappa shape index (κ1) is 12.9. The Bertz CT molecular complexity index is 617. The molecule has 0 unspecified atom stereocenters. The first-order valence-corrected chi connectivity index (χ1v) is 7.86. The normalized spacial score (nSPS) is 23.1. The van der Waals surface area contributed by atoms with E-state index in [0.29, 0.717) is 11.3 Å². The topological polar surface area (TPSA) is 83.6 Å². The van der Waals surface area contributed by atoms with Gasteiger partial charge in [0.25, 0.3) is 0 Å². The van der Waals surface area contributed by atoms with Crippen molar-refractivity contribution in [2.45, 2.75) is 30.3 Å². The summed E-state index contributed by atoms with van der Waals surface area (Å²) in [6.07, 6.45) is 2.00. The number of anilines is 1. The summed E-state index contributed by atoms with van der Waals surface area (Å²) in [5.41, 5.74) is 5.97. The second-order valence-corrected chi connectivity index (χ2v) is 7.58. The lowest BCUT2D eigenvalue weighted by Gasteiger charge is -2.45. The van der Waals surface area contributed by atoms with Gasteiger partial charge in [-0.3, -0.25) is 0 Å². The zero-order valence-electron chi connectivity index (χ0n) is 10.8. The van der Waals surface area contributed by atoms with Gasteiger partial charge in [0.15, 0.2) is 0 Å². The van der Waals surface area contributed by atoms with Crippen LogP contribution in [-0.4, -0.2) is 36.5 Å².